The SMILES string of the molecule is CC/C=C\C/C=C\C/C=C\C/C=C\C/C=C\C/C=C\CCC(=O)O[C@H](COC(=O)CC/C=C\C/C=C\C/C=C\C/C=C\C/C=C\CCCCC)COC(=O)CCCCCCCCCCC/C=C\C/C=C\CCCCC. The smallest absolute Gasteiger partial charge is 0.306 e. The number of unbranched alkanes of at least 4 members (excludes halogenated alkanes) is 15. The summed E-state index contributed by atoms with van der Waals surface area (Å²) in [4.78, 5) is 38.2. The van der Waals surface area contributed by atoms with Crippen molar-refractivity contribution in [1.82, 2.24) is 0 Å². The highest BCUT2D eigenvalue weighted by Gasteiger charge is 2.19. The van der Waals surface area contributed by atoms with Gasteiger partial charge >= 0.3 is 17.9 Å². The summed E-state index contributed by atoms with van der Waals surface area (Å²) in [5.41, 5.74) is 0. The van der Waals surface area contributed by atoms with Gasteiger partial charge in [-0.3, -0.25) is 14.4 Å². The van der Waals surface area contributed by atoms with Crippen LogP contribution >= 0.6 is 0 Å². The molecule has 0 N–H and O–H groups in total. The largest absolute Gasteiger partial charge is 0.462 e. The van der Waals surface area contributed by atoms with E-state index in [0.29, 0.717) is 19.3 Å². The van der Waals surface area contributed by atoms with E-state index in [1.165, 1.54) is 96.3 Å². The van der Waals surface area contributed by atoms with Crippen LogP contribution in [-0.4, -0.2) is 37.2 Å². The summed E-state index contributed by atoms with van der Waals surface area (Å²) in [5.74, 6) is -1.12. The number of rotatable bonds is 52. The molecular weight excluding hydrogens is 925 g/mol. The van der Waals surface area contributed by atoms with Crippen molar-refractivity contribution in [3.8, 4) is 0 Å². The minimum Gasteiger partial charge on any atom is -0.462 e. The van der Waals surface area contributed by atoms with E-state index < -0.39 is 12.1 Å². The van der Waals surface area contributed by atoms with Crippen molar-refractivity contribution in [3.63, 3.8) is 0 Å². The standard InChI is InChI=1S/C69H108O6/c1-4-7-10-13-16-19-22-25-28-31-34-37-40-43-46-49-52-55-58-61-67(70)73-64-66(75-69(72)63-60-57-54-51-48-45-42-39-36-33-30-27-24-21-18-15-12-9-6-3)65-74-68(71)62-59-56-53-50-47-44-41-38-35-32-29-26-23-20-17-14-11-8-5-2/h9,12,16-21,25-30,34,36-37,39,43,45-46,48,52,54-55,57,66H,4-8,10-11,13-15,22-24,31-33,35,38,40-42,44,47,49-51,53,56,58-65H2,1-3H3/b12-9-,19-16-,20-17-,21-18-,28-25-,29-26-,30-27-,37-34-,39-36-,46-43-,48-45-,55-52-,57-54-/t66-/m1/s1. The zero-order valence-corrected chi connectivity index (χ0v) is 48.0. The summed E-state index contributed by atoms with van der Waals surface area (Å²) < 4.78 is 16.7. The van der Waals surface area contributed by atoms with Crippen molar-refractivity contribution in [3.05, 3.63) is 158 Å². The van der Waals surface area contributed by atoms with E-state index in [2.05, 4.69) is 154 Å². The molecule has 0 fully saturated rings. The van der Waals surface area contributed by atoms with Gasteiger partial charge in [0.15, 0.2) is 6.10 Å². The molecule has 0 aliphatic rings. The van der Waals surface area contributed by atoms with Crippen LogP contribution in [0, 0.1) is 0 Å². The summed E-state index contributed by atoms with van der Waals surface area (Å²) in [7, 11) is 0. The van der Waals surface area contributed by atoms with Gasteiger partial charge in [0.25, 0.3) is 0 Å². The Bertz CT molecular complexity index is 1710. The van der Waals surface area contributed by atoms with Gasteiger partial charge in [-0.1, -0.05) is 249 Å². The van der Waals surface area contributed by atoms with Gasteiger partial charge in [0.2, 0.25) is 0 Å². The molecule has 0 aromatic rings. The molecule has 75 heavy (non-hydrogen) atoms. The Balaban J connectivity index is 4.64. The van der Waals surface area contributed by atoms with E-state index in [0.717, 1.165) is 89.9 Å². The average Bonchev–Trinajstić information content (AvgIpc) is 3.41. The van der Waals surface area contributed by atoms with Crippen LogP contribution in [0.1, 0.15) is 239 Å². The zero-order chi connectivity index (χ0) is 54.3. The Kier molecular flexibility index (Phi) is 57.5. The lowest BCUT2D eigenvalue weighted by molar-refractivity contribution is -0.166. The van der Waals surface area contributed by atoms with Gasteiger partial charge in [-0.2, -0.15) is 0 Å². The average molecular weight is 1030 g/mol. The van der Waals surface area contributed by atoms with Gasteiger partial charge in [-0.15, -0.1) is 0 Å². The maximum atomic E-state index is 12.8. The van der Waals surface area contributed by atoms with Gasteiger partial charge in [-0.05, 0) is 128 Å². The first-order chi connectivity index (χ1) is 37.0. The highest BCUT2D eigenvalue weighted by atomic mass is 16.6. The molecule has 0 aromatic heterocycles. The van der Waals surface area contributed by atoms with Crippen molar-refractivity contribution in [2.75, 3.05) is 13.2 Å². The Morgan fingerprint density at radius 3 is 0.893 bits per heavy atom. The highest BCUT2D eigenvalue weighted by molar-refractivity contribution is 5.71. The van der Waals surface area contributed by atoms with Crippen LogP contribution in [0.4, 0.5) is 0 Å². The van der Waals surface area contributed by atoms with Crippen LogP contribution in [-0.2, 0) is 28.6 Å². The van der Waals surface area contributed by atoms with Crippen molar-refractivity contribution >= 4 is 17.9 Å². The van der Waals surface area contributed by atoms with Crippen molar-refractivity contribution in [2.45, 2.75) is 245 Å². The van der Waals surface area contributed by atoms with Crippen molar-refractivity contribution < 1.29 is 28.6 Å². The maximum Gasteiger partial charge on any atom is 0.306 e. The van der Waals surface area contributed by atoms with E-state index in [-0.39, 0.29) is 38.0 Å². The predicted octanol–water partition coefficient (Wildman–Crippen LogP) is 20.5. The molecule has 0 saturated carbocycles. The second kappa shape index (κ2) is 61.6. The van der Waals surface area contributed by atoms with E-state index in [1.54, 1.807) is 0 Å². The van der Waals surface area contributed by atoms with Crippen molar-refractivity contribution in [2.24, 2.45) is 0 Å². The number of allylic oxidation sites excluding steroid dienone is 26. The fraction of sp³-hybridized carbons (Fsp3) is 0.580. The van der Waals surface area contributed by atoms with Crippen molar-refractivity contribution in [1.29, 1.82) is 0 Å². The van der Waals surface area contributed by atoms with E-state index in [1.807, 2.05) is 24.3 Å². The first-order valence-electron chi connectivity index (χ1n) is 30.0. The molecule has 420 valence electrons. The van der Waals surface area contributed by atoms with Crippen LogP contribution in [0.3, 0.4) is 0 Å². The minimum atomic E-state index is -0.859. The molecule has 0 heterocycles. The lowest BCUT2D eigenvalue weighted by Gasteiger charge is -2.18. The fourth-order valence-electron chi connectivity index (χ4n) is 7.54. The number of hydrogen-bond donors (Lipinski definition) is 0. The van der Waals surface area contributed by atoms with Gasteiger partial charge in [0, 0.05) is 19.3 Å². The lowest BCUT2D eigenvalue weighted by atomic mass is 10.1. The monoisotopic (exact) mass is 1030 g/mol. The first-order valence-corrected chi connectivity index (χ1v) is 30.0. The maximum absolute atomic E-state index is 12.8. The number of carbonyl (C=O) groups excluding carboxylic acids is 3. The molecule has 1 atom stereocenters. The Morgan fingerprint density at radius 2 is 0.547 bits per heavy atom. The number of hydrogen-bond acceptors (Lipinski definition) is 6. The lowest BCUT2D eigenvalue weighted by Crippen LogP contribution is -2.30. The molecule has 0 aliphatic heterocycles. The Labute approximate surface area is 460 Å². The molecule has 0 radical (unpaired) electrons. The molecule has 0 unspecified atom stereocenters. The van der Waals surface area contributed by atoms with Crippen LogP contribution < -0.4 is 0 Å². The molecule has 0 spiro atoms. The van der Waals surface area contributed by atoms with Crippen LogP contribution in [0.25, 0.3) is 0 Å². The predicted molar refractivity (Wildman–Crippen MR) is 325 cm³/mol. The normalized spacial score (nSPS) is 13.3. The second-order valence-corrected chi connectivity index (χ2v) is 19.2. The summed E-state index contributed by atoms with van der Waals surface area (Å²) in [6.07, 6.45) is 89.7. The molecular formula is C69H108O6. The van der Waals surface area contributed by atoms with E-state index in [4.69, 9.17) is 14.2 Å². The second-order valence-electron chi connectivity index (χ2n) is 19.2. The Hall–Kier alpha value is -4.97. The molecule has 0 aliphatic carbocycles. The third-order valence-corrected chi connectivity index (χ3v) is 12.0. The van der Waals surface area contributed by atoms with Gasteiger partial charge < -0.3 is 14.2 Å². The molecule has 0 aromatic carbocycles. The minimum absolute atomic E-state index is 0.140. The van der Waals surface area contributed by atoms with E-state index in [9.17, 15) is 14.4 Å². The van der Waals surface area contributed by atoms with Crippen LogP contribution in [0.5, 0.6) is 0 Å². The number of ether oxygens (including phenoxy) is 3. The topological polar surface area (TPSA) is 78.9 Å². The molecule has 0 rings (SSSR count). The number of esters is 3. The Morgan fingerprint density at radius 1 is 0.280 bits per heavy atom. The molecule has 6 nitrogen and oxygen atoms in total. The molecule has 0 saturated heterocycles. The van der Waals surface area contributed by atoms with Gasteiger partial charge in [-0.25, -0.2) is 0 Å². The van der Waals surface area contributed by atoms with Crippen LogP contribution in [0.15, 0.2) is 158 Å². The number of carbonyl (C=O) groups is 3. The quantitative estimate of drug-likeness (QED) is 0.0261. The summed E-state index contributed by atoms with van der Waals surface area (Å²) in [6, 6.07) is 0. The zero-order valence-electron chi connectivity index (χ0n) is 48.0. The van der Waals surface area contributed by atoms with E-state index >= 15 is 0 Å². The third-order valence-electron chi connectivity index (χ3n) is 12.0. The molecule has 6 heteroatoms. The summed E-state index contributed by atoms with van der Waals surface area (Å²) >= 11 is 0. The van der Waals surface area contributed by atoms with Gasteiger partial charge in [0.05, 0.1) is 0 Å². The molecule has 0 bridgehead atoms. The first kappa shape index (κ1) is 70.0. The van der Waals surface area contributed by atoms with Crippen LogP contribution in [0.2, 0.25) is 0 Å². The summed E-state index contributed by atoms with van der Waals surface area (Å²) in [6.45, 7) is 6.33. The fourth-order valence-corrected chi connectivity index (χ4v) is 7.54. The third kappa shape index (κ3) is 59.8. The highest BCUT2D eigenvalue weighted by Crippen LogP contribution is 2.13. The summed E-state index contributed by atoms with van der Waals surface area (Å²) in [5, 5.41) is 0. The molecule has 0 amide bonds. The van der Waals surface area contributed by atoms with Gasteiger partial charge in [0.1, 0.15) is 13.2 Å².